The molecule has 1 N–H and O–H groups in total. The molecule has 0 radical (unpaired) electrons. The number of hydrogen-bond donors (Lipinski definition) is 1. The highest BCUT2D eigenvalue weighted by Crippen LogP contribution is 2.37. The molecule has 3 heteroatoms. The highest BCUT2D eigenvalue weighted by atomic mass is 16.3. The highest BCUT2D eigenvalue weighted by Gasteiger charge is 2.33. The summed E-state index contributed by atoms with van der Waals surface area (Å²) in [6.45, 7) is 2.70. The molecule has 1 saturated heterocycles. The van der Waals surface area contributed by atoms with E-state index in [4.69, 9.17) is 5.26 Å². The Balaban J connectivity index is 1.80. The largest absolute Gasteiger partial charge is 0.392 e. The summed E-state index contributed by atoms with van der Waals surface area (Å²) < 4.78 is 0. The first-order valence-corrected chi connectivity index (χ1v) is 5.59. The summed E-state index contributed by atoms with van der Waals surface area (Å²) in [5, 5.41) is 18.5. The fourth-order valence-electron chi connectivity index (χ4n) is 2.27. The number of likely N-dealkylation sites (tertiary alicyclic amines) is 1. The minimum absolute atomic E-state index is 0.165. The smallest absolute Gasteiger partial charge is 0.0672 e. The van der Waals surface area contributed by atoms with Gasteiger partial charge in [0, 0.05) is 13.1 Å². The molecule has 2 fully saturated rings. The second-order valence-electron chi connectivity index (χ2n) is 4.63. The van der Waals surface area contributed by atoms with Crippen LogP contribution in [0.15, 0.2) is 0 Å². The fourth-order valence-corrected chi connectivity index (χ4v) is 2.27. The van der Waals surface area contributed by atoms with Crippen molar-refractivity contribution in [2.75, 3.05) is 19.6 Å². The maximum atomic E-state index is 9.49. The van der Waals surface area contributed by atoms with Crippen LogP contribution in [0.1, 0.15) is 25.7 Å². The van der Waals surface area contributed by atoms with Crippen molar-refractivity contribution in [3.63, 3.8) is 0 Å². The monoisotopic (exact) mass is 194 g/mol. The molecular formula is C11H18N2O. The van der Waals surface area contributed by atoms with Gasteiger partial charge in [-0.1, -0.05) is 0 Å². The molecule has 2 unspecified atom stereocenters. The average Bonchev–Trinajstić information content (AvgIpc) is 2.97. The van der Waals surface area contributed by atoms with Crippen molar-refractivity contribution in [3.05, 3.63) is 0 Å². The molecule has 2 rings (SSSR count). The fraction of sp³-hybridized carbons (Fsp3) is 0.909. The van der Waals surface area contributed by atoms with Gasteiger partial charge in [-0.15, -0.1) is 0 Å². The standard InChI is InChI=1S/C11H18N2O/c12-6-10(9-3-4-9)7-13-5-1-2-11(14)8-13/h9-11,14H,1-5,7-8H2. The molecule has 1 aliphatic heterocycles. The molecule has 1 heterocycles. The van der Waals surface area contributed by atoms with E-state index >= 15 is 0 Å². The zero-order valence-corrected chi connectivity index (χ0v) is 8.52. The van der Waals surface area contributed by atoms with Crippen molar-refractivity contribution in [1.82, 2.24) is 4.90 Å². The molecule has 0 aromatic rings. The van der Waals surface area contributed by atoms with Crippen molar-refractivity contribution in [1.29, 1.82) is 5.26 Å². The van der Waals surface area contributed by atoms with Gasteiger partial charge in [-0.25, -0.2) is 0 Å². The van der Waals surface area contributed by atoms with Crippen molar-refractivity contribution in [2.45, 2.75) is 31.8 Å². The SMILES string of the molecule is N#CC(CN1CCCC(O)C1)C1CC1. The third-order valence-corrected chi connectivity index (χ3v) is 3.29. The van der Waals surface area contributed by atoms with Crippen LogP contribution in [0.4, 0.5) is 0 Å². The lowest BCUT2D eigenvalue weighted by Crippen LogP contribution is -2.41. The van der Waals surface area contributed by atoms with Crippen molar-refractivity contribution < 1.29 is 5.11 Å². The van der Waals surface area contributed by atoms with E-state index in [0.29, 0.717) is 5.92 Å². The van der Waals surface area contributed by atoms with Crippen molar-refractivity contribution in [2.24, 2.45) is 11.8 Å². The zero-order chi connectivity index (χ0) is 9.97. The summed E-state index contributed by atoms with van der Waals surface area (Å²) in [7, 11) is 0. The lowest BCUT2D eigenvalue weighted by molar-refractivity contribution is 0.0645. The molecule has 0 spiro atoms. The predicted octanol–water partition coefficient (Wildman–Crippen LogP) is 0.993. The minimum atomic E-state index is -0.165. The van der Waals surface area contributed by atoms with Crippen molar-refractivity contribution in [3.8, 4) is 6.07 Å². The normalized spacial score (nSPS) is 31.0. The van der Waals surface area contributed by atoms with Crippen LogP contribution in [-0.2, 0) is 0 Å². The van der Waals surface area contributed by atoms with Gasteiger partial charge >= 0.3 is 0 Å². The number of nitrogens with zero attached hydrogens (tertiary/aromatic N) is 2. The van der Waals surface area contributed by atoms with Gasteiger partial charge in [-0.3, -0.25) is 4.90 Å². The van der Waals surface area contributed by atoms with Crippen LogP contribution in [0.3, 0.4) is 0 Å². The van der Waals surface area contributed by atoms with E-state index in [9.17, 15) is 5.11 Å². The Hall–Kier alpha value is -0.590. The quantitative estimate of drug-likeness (QED) is 0.729. The number of hydrogen-bond acceptors (Lipinski definition) is 3. The molecule has 14 heavy (non-hydrogen) atoms. The third-order valence-electron chi connectivity index (χ3n) is 3.29. The number of aliphatic hydroxyl groups is 1. The minimum Gasteiger partial charge on any atom is -0.392 e. The van der Waals surface area contributed by atoms with Gasteiger partial charge in [0.1, 0.15) is 0 Å². The number of rotatable bonds is 3. The molecule has 0 amide bonds. The van der Waals surface area contributed by atoms with E-state index in [1.54, 1.807) is 0 Å². The maximum absolute atomic E-state index is 9.49. The van der Waals surface area contributed by atoms with Crippen LogP contribution >= 0.6 is 0 Å². The van der Waals surface area contributed by atoms with Crippen LogP contribution in [0.2, 0.25) is 0 Å². The molecule has 1 saturated carbocycles. The second kappa shape index (κ2) is 4.29. The van der Waals surface area contributed by atoms with E-state index < -0.39 is 0 Å². The first-order chi connectivity index (χ1) is 6.79. The lowest BCUT2D eigenvalue weighted by Gasteiger charge is -2.31. The molecular weight excluding hydrogens is 176 g/mol. The van der Waals surface area contributed by atoms with E-state index in [-0.39, 0.29) is 12.0 Å². The zero-order valence-electron chi connectivity index (χ0n) is 8.52. The number of β-amino-alcohol motifs (C(OH)–C–C–N with tert-alkyl or cyclic N) is 1. The van der Waals surface area contributed by atoms with Crippen molar-refractivity contribution >= 4 is 0 Å². The first kappa shape index (κ1) is 9.95. The Morgan fingerprint density at radius 1 is 1.43 bits per heavy atom. The summed E-state index contributed by atoms with van der Waals surface area (Å²) in [4.78, 5) is 2.25. The summed E-state index contributed by atoms with van der Waals surface area (Å²) >= 11 is 0. The van der Waals surface area contributed by atoms with Gasteiger partial charge in [-0.2, -0.15) is 5.26 Å². The average molecular weight is 194 g/mol. The molecule has 3 nitrogen and oxygen atoms in total. The number of piperidine rings is 1. The molecule has 78 valence electrons. The van der Waals surface area contributed by atoms with Gasteiger partial charge in [0.2, 0.25) is 0 Å². The van der Waals surface area contributed by atoms with Crippen LogP contribution in [-0.4, -0.2) is 35.7 Å². The van der Waals surface area contributed by atoms with Crippen LogP contribution in [0.5, 0.6) is 0 Å². The van der Waals surface area contributed by atoms with Gasteiger partial charge < -0.3 is 5.11 Å². The molecule has 2 atom stereocenters. The summed E-state index contributed by atoms with van der Waals surface area (Å²) in [5.41, 5.74) is 0. The summed E-state index contributed by atoms with van der Waals surface area (Å²) in [6, 6.07) is 2.40. The van der Waals surface area contributed by atoms with Gasteiger partial charge in [0.15, 0.2) is 0 Å². The maximum Gasteiger partial charge on any atom is 0.0672 e. The Labute approximate surface area is 85.3 Å². The molecule has 0 bridgehead atoms. The van der Waals surface area contributed by atoms with Gasteiger partial charge in [0.25, 0.3) is 0 Å². The highest BCUT2D eigenvalue weighted by molar-refractivity contribution is 4.96. The summed E-state index contributed by atoms with van der Waals surface area (Å²) in [6.07, 6.45) is 4.30. The number of aliphatic hydroxyl groups excluding tert-OH is 1. The molecule has 0 aromatic carbocycles. The topological polar surface area (TPSA) is 47.3 Å². The van der Waals surface area contributed by atoms with E-state index in [1.165, 1.54) is 12.8 Å². The van der Waals surface area contributed by atoms with Crippen LogP contribution < -0.4 is 0 Å². The Bertz CT molecular complexity index is 232. The van der Waals surface area contributed by atoms with E-state index in [2.05, 4.69) is 11.0 Å². The van der Waals surface area contributed by atoms with E-state index in [0.717, 1.165) is 32.5 Å². The Kier molecular flexibility index (Phi) is 3.05. The Morgan fingerprint density at radius 2 is 2.21 bits per heavy atom. The molecule has 1 aliphatic carbocycles. The number of nitriles is 1. The Morgan fingerprint density at radius 3 is 2.79 bits per heavy atom. The lowest BCUT2D eigenvalue weighted by atomic mass is 10.0. The van der Waals surface area contributed by atoms with Crippen LogP contribution in [0.25, 0.3) is 0 Å². The van der Waals surface area contributed by atoms with Gasteiger partial charge in [0.05, 0.1) is 18.1 Å². The molecule has 0 aromatic heterocycles. The first-order valence-electron chi connectivity index (χ1n) is 5.59. The van der Waals surface area contributed by atoms with Gasteiger partial charge in [-0.05, 0) is 38.1 Å². The molecule has 2 aliphatic rings. The van der Waals surface area contributed by atoms with Crippen LogP contribution in [0, 0.1) is 23.2 Å². The predicted molar refractivity (Wildman–Crippen MR) is 53.5 cm³/mol. The summed E-state index contributed by atoms with van der Waals surface area (Å²) in [5.74, 6) is 0.861. The van der Waals surface area contributed by atoms with E-state index in [1.807, 2.05) is 0 Å². The third kappa shape index (κ3) is 2.46. The second-order valence-corrected chi connectivity index (χ2v) is 4.63.